The van der Waals surface area contributed by atoms with Crippen LogP contribution in [0.5, 0.6) is 0 Å². The number of amides is 1. The Morgan fingerprint density at radius 2 is 1.78 bits per heavy atom. The number of nitrogens with one attached hydrogen (secondary N) is 2. The predicted octanol–water partition coefficient (Wildman–Crippen LogP) is 2.79. The molecule has 0 spiro atoms. The summed E-state index contributed by atoms with van der Waals surface area (Å²) in [5, 5.41) is 6.25. The maximum Gasteiger partial charge on any atom is 0.255 e. The second kappa shape index (κ2) is 5.61. The molecule has 1 aliphatic rings. The van der Waals surface area contributed by atoms with Gasteiger partial charge >= 0.3 is 0 Å². The fourth-order valence-corrected chi connectivity index (χ4v) is 2.76. The molecule has 23 heavy (non-hydrogen) atoms. The summed E-state index contributed by atoms with van der Waals surface area (Å²) >= 11 is 0. The Hall–Kier alpha value is -3.08. The first-order chi connectivity index (χ1) is 11.3. The van der Waals surface area contributed by atoms with Crippen LogP contribution in [0.1, 0.15) is 27.8 Å². The van der Waals surface area contributed by atoms with E-state index in [1.54, 1.807) is 6.33 Å². The van der Waals surface area contributed by atoms with E-state index in [9.17, 15) is 4.79 Å². The number of hydrogen-bond donors (Lipinski definition) is 2. The molecule has 0 bridgehead atoms. The third-order valence-corrected chi connectivity index (χ3v) is 3.90. The number of rotatable bonds is 3. The lowest BCUT2D eigenvalue weighted by molar-refractivity contribution is 0.0935. The first kappa shape index (κ1) is 13.6. The van der Waals surface area contributed by atoms with E-state index in [1.807, 2.05) is 53.2 Å². The Morgan fingerprint density at radius 1 is 1.00 bits per heavy atom. The molecular formula is C18H16N4O. The summed E-state index contributed by atoms with van der Waals surface area (Å²) in [6, 6.07) is 17.7. The van der Waals surface area contributed by atoms with Gasteiger partial charge in [0.25, 0.3) is 5.91 Å². The minimum atomic E-state index is -0.311. The largest absolute Gasteiger partial charge is 0.360 e. The molecule has 5 heteroatoms. The number of aromatic nitrogens is 2. The summed E-state index contributed by atoms with van der Waals surface area (Å²) in [4.78, 5) is 16.6. The zero-order valence-electron chi connectivity index (χ0n) is 12.4. The number of imidazole rings is 1. The number of para-hydroxylation sites is 1. The number of hydrogen-bond acceptors (Lipinski definition) is 3. The van der Waals surface area contributed by atoms with Crippen molar-refractivity contribution in [1.29, 1.82) is 0 Å². The lowest BCUT2D eigenvalue weighted by Gasteiger charge is -2.26. The summed E-state index contributed by atoms with van der Waals surface area (Å²) in [7, 11) is 0. The molecule has 2 heterocycles. The Morgan fingerprint density at radius 3 is 2.65 bits per heavy atom. The lowest BCUT2D eigenvalue weighted by Crippen LogP contribution is -2.38. The highest BCUT2D eigenvalue weighted by atomic mass is 16.2. The molecule has 3 aromatic rings. The number of benzene rings is 2. The van der Waals surface area contributed by atoms with Crippen molar-refractivity contribution in [3.63, 3.8) is 0 Å². The van der Waals surface area contributed by atoms with Crippen LogP contribution in [0.15, 0.2) is 67.1 Å². The monoisotopic (exact) mass is 304 g/mol. The summed E-state index contributed by atoms with van der Waals surface area (Å²) in [5.74, 6) is -0.0815. The van der Waals surface area contributed by atoms with Crippen molar-refractivity contribution in [2.24, 2.45) is 0 Å². The van der Waals surface area contributed by atoms with Crippen LogP contribution in [-0.4, -0.2) is 15.5 Å². The van der Waals surface area contributed by atoms with Crippen molar-refractivity contribution < 1.29 is 4.79 Å². The van der Waals surface area contributed by atoms with Gasteiger partial charge < -0.3 is 15.2 Å². The molecule has 0 saturated carbocycles. The molecule has 1 amide bonds. The molecule has 5 nitrogen and oxygen atoms in total. The van der Waals surface area contributed by atoms with Crippen LogP contribution in [0.25, 0.3) is 0 Å². The van der Waals surface area contributed by atoms with Gasteiger partial charge in [-0.2, -0.15) is 0 Å². The fourth-order valence-electron chi connectivity index (χ4n) is 2.76. The molecule has 114 valence electrons. The van der Waals surface area contributed by atoms with Crippen molar-refractivity contribution in [1.82, 2.24) is 14.9 Å². The van der Waals surface area contributed by atoms with Crippen LogP contribution in [0.3, 0.4) is 0 Å². The highest BCUT2D eigenvalue weighted by Gasteiger charge is 2.25. The minimum absolute atomic E-state index is 0.0815. The number of fused-ring (bicyclic) bond motifs is 1. The molecule has 1 unspecified atom stereocenters. The topological polar surface area (TPSA) is 59.0 Å². The first-order valence-electron chi connectivity index (χ1n) is 7.51. The molecule has 0 aliphatic carbocycles. The average Bonchev–Trinajstić information content (AvgIpc) is 3.04. The summed E-state index contributed by atoms with van der Waals surface area (Å²) in [6.45, 7) is 0.755. The van der Waals surface area contributed by atoms with E-state index in [0.29, 0.717) is 5.56 Å². The van der Waals surface area contributed by atoms with Crippen molar-refractivity contribution in [3.8, 4) is 0 Å². The summed E-state index contributed by atoms with van der Waals surface area (Å²) in [5.41, 5.74) is 3.50. The van der Waals surface area contributed by atoms with Gasteiger partial charge in [0.1, 0.15) is 11.9 Å². The van der Waals surface area contributed by atoms with E-state index in [-0.39, 0.29) is 12.1 Å². The number of carbonyl (C=O) groups excluding carboxylic acids is 1. The van der Waals surface area contributed by atoms with Crippen LogP contribution in [0.2, 0.25) is 0 Å². The van der Waals surface area contributed by atoms with E-state index < -0.39 is 0 Å². The summed E-state index contributed by atoms with van der Waals surface area (Å²) in [6.07, 6.45) is 3.43. The van der Waals surface area contributed by atoms with E-state index >= 15 is 0 Å². The van der Waals surface area contributed by atoms with Crippen molar-refractivity contribution in [3.05, 3.63) is 83.9 Å². The summed E-state index contributed by atoms with van der Waals surface area (Å²) < 4.78 is 2.01. The van der Waals surface area contributed by atoms with Crippen LogP contribution in [0.4, 0.5) is 5.69 Å². The Labute approximate surface area is 134 Å². The fraction of sp³-hybridized carbons (Fsp3) is 0.111. The molecule has 0 fully saturated rings. The van der Waals surface area contributed by atoms with Crippen LogP contribution < -0.4 is 10.6 Å². The van der Waals surface area contributed by atoms with Gasteiger partial charge in [0, 0.05) is 18.4 Å². The maximum atomic E-state index is 12.2. The van der Waals surface area contributed by atoms with E-state index in [1.165, 1.54) is 5.56 Å². The lowest BCUT2D eigenvalue weighted by atomic mass is 10.1. The van der Waals surface area contributed by atoms with Gasteiger partial charge in [-0.05, 0) is 17.7 Å². The number of anilines is 1. The molecule has 4 rings (SSSR count). The minimum Gasteiger partial charge on any atom is -0.360 e. The quantitative estimate of drug-likeness (QED) is 0.782. The smallest absolute Gasteiger partial charge is 0.255 e. The second-order valence-corrected chi connectivity index (χ2v) is 5.55. The van der Waals surface area contributed by atoms with E-state index in [0.717, 1.165) is 17.9 Å². The first-order valence-corrected chi connectivity index (χ1v) is 7.51. The molecule has 2 N–H and O–H groups in total. The number of carbonyl (C=O) groups is 1. The van der Waals surface area contributed by atoms with Crippen molar-refractivity contribution >= 4 is 11.6 Å². The van der Waals surface area contributed by atoms with Gasteiger partial charge in [-0.1, -0.05) is 42.5 Å². The highest BCUT2D eigenvalue weighted by Crippen LogP contribution is 2.25. The molecule has 2 aromatic carbocycles. The van der Waals surface area contributed by atoms with E-state index in [2.05, 4.69) is 27.8 Å². The highest BCUT2D eigenvalue weighted by molar-refractivity contribution is 6.01. The van der Waals surface area contributed by atoms with Crippen LogP contribution in [-0.2, 0) is 6.54 Å². The van der Waals surface area contributed by atoms with Crippen LogP contribution in [0, 0.1) is 0 Å². The van der Waals surface area contributed by atoms with Gasteiger partial charge in [0.05, 0.1) is 11.9 Å². The maximum absolute atomic E-state index is 12.2. The molecule has 1 atom stereocenters. The zero-order valence-corrected chi connectivity index (χ0v) is 12.4. The standard InChI is InChI=1S/C18H16N4O/c23-18-14-8-4-5-9-15(14)20-17(21-18)16-11-22(12-19-16)10-13-6-2-1-3-7-13/h1-9,11-12,17,20H,10H2,(H,21,23). The van der Waals surface area contributed by atoms with Crippen LogP contribution >= 0.6 is 0 Å². The average molecular weight is 304 g/mol. The molecule has 1 aliphatic heterocycles. The third kappa shape index (κ3) is 2.68. The van der Waals surface area contributed by atoms with Crippen molar-refractivity contribution in [2.75, 3.05) is 5.32 Å². The van der Waals surface area contributed by atoms with Gasteiger partial charge in [0.2, 0.25) is 0 Å². The Balaban J connectivity index is 1.55. The Bertz CT molecular complexity index is 841. The Kier molecular flexibility index (Phi) is 3.31. The number of nitrogens with zero attached hydrogens (tertiary/aromatic N) is 2. The molecular weight excluding hydrogens is 288 g/mol. The van der Waals surface area contributed by atoms with Gasteiger partial charge in [-0.25, -0.2) is 4.98 Å². The second-order valence-electron chi connectivity index (χ2n) is 5.55. The van der Waals surface area contributed by atoms with Gasteiger partial charge in [0.15, 0.2) is 0 Å². The van der Waals surface area contributed by atoms with E-state index in [4.69, 9.17) is 0 Å². The third-order valence-electron chi connectivity index (χ3n) is 3.90. The molecule has 0 radical (unpaired) electrons. The van der Waals surface area contributed by atoms with Gasteiger partial charge in [-0.15, -0.1) is 0 Å². The predicted molar refractivity (Wildman–Crippen MR) is 88.0 cm³/mol. The van der Waals surface area contributed by atoms with Gasteiger partial charge in [-0.3, -0.25) is 4.79 Å². The SMILES string of the molecule is O=C1NC(c2cn(Cc3ccccc3)cn2)Nc2ccccc21. The molecule has 0 saturated heterocycles. The zero-order chi connectivity index (χ0) is 15.6. The molecule has 1 aromatic heterocycles. The van der Waals surface area contributed by atoms with Crippen molar-refractivity contribution in [2.45, 2.75) is 12.7 Å². The normalized spacial score (nSPS) is 16.3.